The minimum atomic E-state index is -0.530. The standard InChI is InChI=1S/C21H19ClFN3O2/c1-13(2)14-3-5-16(6-4-14)25-21(26-27)15-9-10-24-20(11-15)28-17-7-8-19(23)18(22)12-17/h3-13,27H,1-2H3,(H,25,26). The summed E-state index contributed by atoms with van der Waals surface area (Å²) in [6.07, 6.45) is 1.52. The van der Waals surface area contributed by atoms with Crippen molar-refractivity contribution in [3.63, 3.8) is 0 Å². The van der Waals surface area contributed by atoms with Gasteiger partial charge in [0.2, 0.25) is 5.88 Å². The molecule has 0 aliphatic heterocycles. The van der Waals surface area contributed by atoms with Crippen molar-refractivity contribution in [3.05, 3.63) is 82.8 Å². The summed E-state index contributed by atoms with van der Waals surface area (Å²) in [5, 5.41) is 9.49. The molecule has 5 nitrogen and oxygen atoms in total. The molecule has 28 heavy (non-hydrogen) atoms. The highest BCUT2D eigenvalue weighted by Crippen LogP contribution is 2.26. The van der Waals surface area contributed by atoms with E-state index in [1.165, 1.54) is 30.0 Å². The van der Waals surface area contributed by atoms with E-state index in [0.29, 0.717) is 22.9 Å². The lowest BCUT2D eigenvalue weighted by Gasteiger charge is -2.09. The topological polar surface area (TPSA) is 66.7 Å². The zero-order valence-electron chi connectivity index (χ0n) is 15.4. The van der Waals surface area contributed by atoms with Crippen molar-refractivity contribution in [2.24, 2.45) is 4.99 Å². The molecule has 3 aromatic rings. The van der Waals surface area contributed by atoms with E-state index in [4.69, 9.17) is 16.3 Å². The molecule has 0 atom stereocenters. The largest absolute Gasteiger partial charge is 0.439 e. The van der Waals surface area contributed by atoms with Crippen molar-refractivity contribution in [1.82, 2.24) is 10.5 Å². The lowest BCUT2D eigenvalue weighted by Crippen LogP contribution is -2.20. The highest BCUT2D eigenvalue weighted by Gasteiger charge is 2.08. The van der Waals surface area contributed by atoms with Crippen LogP contribution in [0.25, 0.3) is 0 Å². The van der Waals surface area contributed by atoms with Gasteiger partial charge in [-0.3, -0.25) is 10.7 Å². The molecule has 0 radical (unpaired) electrons. The van der Waals surface area contributed by atoms with Gasteiger partial charge in [0, 0.05) is 23.9 Å². The van der Waals surface area contributed by atoms with Gasteiger partial charge < -0.3 is 4.74 Å². The van der Waals surface area contributed by atoms with Crippen LogP contribution in [0.1, 0.15) is 30.9 Å². The van der Waals surface area contributed by atoms with Crippen LogP contribution in [0, 0.1) is 5.82 Å². The number of benzene rings is 2. The van der Waals surface area contributed by atoms with Crippen LogP contribution in [0.4, 0.5) is 10.1 Å². The number of aromatic nitrogens is 1. The second kappa shape index (κ2) is 8.82. The molecule has 1 aromatic heterocycles. The quantitative estimate of drug-likeness (QED) is 0.321. The van der Waals surface area contributed by atoms with E-state index in [1.54, 1.807) is 12.1 Å². The third-order valence-corrected chi connectivity index (χ3v) is 4.32. The second-order valence-electron chi connectivity index (χ2n) is 6.38. The average Bonchev–Trinajstić information content (AvgIpc) is 2.69. The van der Waals surface area contributed by atoms with Gasteiger partial charge in [-0.25, -0.2) is 14.4 Å². The number of nitrogens with one attached hydrogen (secondary N) is 1. The molecule has 0 saturated heterocycles. The number of nitrogens with zero attached hydrogens (tertiary/aromatic N) is 2. The van der Waals surface area contributed by atoms with E-state index >= 15 is 0 Å². The number of hydrogen-bond donors (Lipinski definition) is 2. The van der Waals surface area contributed by atoms with E-state index < -0.39 is 5.82 Å². The van der Waals surface area contributed by atoms with E-state index in [-0.39, 0.29) is 16.7 Å². The highest BCUT2D eigenvalue weighted by molar-refractivity contribution is 6.30. The first-order chi connectivity index (χ1) is 13.5. The molecule has 0 amide bonds. The van der Waals surface area contributed by atoms with Crippen molar-refractivity contribution < 1.29 is 14.3 Å². The number of pyridine rings is 1. The Bertz CT molecular complexity index is 991. The Balaban J connectivity index is 1.84. The van der Waals surface area contributed by atoms with Crippen LogP contribution in [0.2, 0.25) is 5.02 Å². The van der Waals surface area contributed by atoms with Crippen LogP contribution in [-0.4, -0.2) is 16.0 Å². The highest BCUT2D eigenvalue weighted by atomic mass is 35.5. The molecule has 1 heterocycles. The number of halogens is 2. The van der Waals surface area contributed by atoms with Crippen molar-refractivity contribution in [1.29, 1.82) is 0 Å². The zero-order chi connectivity index (χ0) is 20.1. The summed E-state index contributed by atoms with van der Waals surface area (Å²) in [7, 11) is 0. The molecule has 0 spiro atoms. The predicted molar refractivity (Wildman–Crippen MR) is 107 cm³/mol. The smallest absolute Gasteiger partial charge is 0.219 e. The fraction of sp³-hybridized carbons (Fsp3) is 0.143. The Labute approximate surface area is 167 Å². The molecule has 0 bridgehead atoms. The number of hydrogen-bond acceptors (Lipinski definition) is 4. The first-order valence-corrected chi connectivity index (χ1v) is 9.02. The summed E-state index contributed by atoms with van der Waals surface area (Å²) >= 11 is 5.77. The van der Waals surface area contributed by atoms with E-state index in [0.717, 1.165) is 0 Å². The van der Waals surface area contributed by atoms with Gasteiger partial charge in [-0.15, -0.1) is 0 Å². The maximum atomic E-state index is 13.3. The van der Waals surface area contributed by atoms with Gasteiger partial charge in [0.05, 0.1) is 10.7 Å². The molecule has 7 heteroatoms. The molecular formula is C21H19ClFN3O2. The third-order valence-electron chi connectivity index (χ3n) is 4.03. The fourth-order valence-electron chi connectivity index (χ4n) is 2.49. The van der Waals surface area contributed by atoms with Crippen LogP contribution in [0.15, 0.2) is 65.8 Å². The molecule has 144 valence electrons. The van der Waals surface area contributed by atoms with Crippen molar-refractivity contribution in [2.45, 2.75) is 19.8 Å². The van der Waals surface area contributed by atoms with Gasteiger partial charge in [-0.05, 0) is 41.8 Å². The maximum Gasteiger partial charge on any atom is 0.219 e. The first kappa shape index (κ1) is 19.8. The lowest BCUT2D eigenvalue weighted by molar-refractivity contribution is 0.235. The summed E-state index contributed by atoms with van der Waals surface area (Å²) in [6, 6.07) is 15.1. The van der Waals surface area contributed by atoms with Gasteiger partial charge in [0.1, 0.15) is 11.6 Å². The Morgan fingerprint density at radius 3 is 2.54 bits per heavy atom. The summed E-state index contributed by atoms with van der Waals surface area (Å²) < 4.78 is 18.9. The Morgan fingerprint density at radius 2 is 1.89 bits per heavy atom. The van der Waals surface area contributed by atoms with Crippen LogP contribution in [-0.2, 0) is 0 Å². The molecule has 0 aliphatic carbocycles. The molecule has 0 unspecified atom stereocenters. The van der Waals surface area contributed by atoms with Crippen LogP contribution < -0.4 is 10.2 Å². The van der Waals surface area contributed by atoms with Gasteiger partial charge in [0.15, 0.2) is 5.84 Å². The van der Waals surface area contributed by atoms with Gasteiger partial charge in [-0.1, -0.05) is 37.6 Å². The molecule has 0 fully saturated rings. The third kappa shape index (κ3) is 4.85. The van der Waals surface area contributed by atoms with Crippen molar-refractivity contribution >= 4 is 23.1 Å². The zero-order valence-corrected chi connectivity index (χ0v) is 16.1. The minimum absolute atomic E-state index is 0.0437. The number of rotatable bonds is 5. The average molecular weight is 400 g/mol. The summed E-state index contributed by atoms with van der Waals surface area (Å²) in [5.41, 5.74) is 4.56. The first-order valence-electron chi connectivity index (χ1n) is 8.64. The summed E-state index contributed by atoms with van der Waals surface area (Å²) in [4.78, 5) is 8.54. The number of amidine groups is 1. The molecule has 0 aliphatic rings. The maximum absolute atomic E-state index is 13.3. The number of hydroxylamine groups is 1. The van der Waals surface area contributed by atoms with Crippen molar-refractivity contribution in [3.8, 4) is 11.6 Å². The van der Waals surface area contributed by atoms with E-state index in [2.05, 4.69) is 29.3 Å². The van der Waals surface area contributed by atoms with Crippen LogP contribution in [0.5, 0.6) is 11.6 Å². The summed E-state index contributed by atoms with van der Waals surface area (Å²) in [6.45, 7) is 4.23. The fourth-order valence-corrected chi connectivity index (χ4v) is 2.66. The normalized spacial score (nSPS) is 11.6. The molecular weight excluding hydrogens is 381 g/mol. The van der Waals surface area contributed by atoms with Gasteiger partial charge in [-0.2, -0.15) is 0 Å². The Hall–Kier alpha value is -2.96. The van der Waals surface area contributed by atoms with E-state index in [1.807, 2.05) is 24.3 Å². The molecule has 3 rings (SSSR count). The predicted octanol–water partition coefficient (Wildman–Crippen LogP) is 5.85. The Kier molecular flexibility index (Phi) is 6.23. The lowest BCUT2D eigenvalue weighted by atomic mass is 10.0. The molecule has 2 aromatic carbocycles. The van der Waals surface area contributed by atoms with Crippen molar-refractivity contribution in [2.75, 3.05) is 0 Å². The number of ether oxygens (including phenoxy) is 1. The number of aliphatic imine (C=N–C) groups is 1. The van der Waals surface area contributed by atoms with Crippen LogP contribution >= 0.6 is 11.6 Å². The van der Waals surface area contributed by atoms with Crippen LogP contribution in [0.3, 0.4) is 0 Å². The van der Waals surface area contributed by atoms with E-state index in [9.17, 15) is 9.60 Å². The SMILES string of the molecule is CC(C)c1ccc(N=C(NO)c2ccnc(Oc3ccc(F)c(Cl)c3)c2)cc1. The minimum Gasteiger partial charge on any atom is -0.439 e. The molecule has 0 saturated carbocycles. The monoisotopic (exact) mass is 399 g/mol. The Morgan fingerprint density at radius 1 is 1.14 bits per heavy atom. The van der Waals surface area contributed by atoms with Gasteiger partial charge >= 0.3 is 0 Å². The molecule has 2 N–H and O–H groups in total. The second-order valence-corrected chi connectivity index (χ2v) is 6.79. The summed E-state index contributed by atoms with van der Waals surface area (Å²) in [5.74, 6) is 0.724. The van der Waals surface area contributed by atoms with Gasteiger partial charge in [0.25, 0.3) is 0 Å².